The summed E-state index contributed by atoms with van der Waals surface area (Å²) in [6.07, 6.45) is -5.64. The number of carbonyl (C=O) groups excluding carboxylic acids is 2. The summed E-state index contributed by atoms with van der Waals surface area (Å²) in [5.74, 6) is -4.37. The Hall–Kier alpha value is -3.52. The summed E-state index contributed by atoms with van der Waals surface area (Å²) in [5, 5.41) is 1.37. The van der Waals surface area contributed by atoms with Crippen molar-refractivity contribution < 1.29 is 40.3 Å². The maximum atomic E-state index is 12.6. The van der Waals surface area contributed by atoms with Crippen LogP contribution in [0.1, 0.15) is 50.9 Å². The number of rotatable bonds is 4. The number of H-pyrrole nitrogens is 1. The van der Waals surface area contributed by atoms with E-state index in [0.717, 1.165) is 18.9 Å². The molecule has 1 aliphatic heterocycles. The molecule has 0 spiro atoms. The number of carbonyl (C=O) groups is 2. The van der Waals surface area contributed by atoms with Gasteiger partial charge in [0.15, 0.2) is 0 Å². The van der Waals surface area contributed by atoms with Crippen LogP contribution >= 0.6 is 0 Å². The highest BCUT2D eigenvalue weighted by Crippen LogP contribution is 2.34. The minimum absolute atomic E-state index is 0. The van der Waals surface area contributed by atoms with Gasteiger partial charge in [-0.2, -0.15) is 36.3 Å². The van der Waals surface area contributed by atoms with E-state index in [2.05, 4.69) is 14.4 Å². The third-order valence-corrected chi connectivity index (χ3v) is 4.80. The Morgan fingerprint density at radius 3 is 2.23 bits per heavy atom. The Balaban J connectivity index is 0.000000284. The largest absolute Gasteiger partial charge is 0.449 e. The number of aromatic nitrogens is 2. The number of nitrogens with one attached hydrogen (secondary N) is 2. The second-order valence-corrected chi connectivity index (χ2v) is 7.60. The van der Waals surface area contributed by atoms with Gasteiger partial charge >= 0.3 is 18.0 Å². The summed E-state index contributed by atoms with van der Waals surface area (Å²) in [6, 6.07) is 1.15. The van der Waals surface area contributed by atoms with Crippen LogP contribution in [0.5, 0.6) is 0 Å². The molecule has 192 valence electrons. The van der Waals surface area contributed by atoms with Gasteiger partial charge in [0.2, 0.25) is 23.3 Å². The van der Waals surface area contributed by atoms with Crippen LogP contribution < -0.4 is 16.5 Å². The molecular formula is C20H20F6N4O5. The van der Waals surface area contributed by atoms with E-state index in [-0.39, 0.29) is 12.8 Å². The first-order valence-electron chi connectivity index (χ1n) is 9.87. The van der Waals surface area contributed by atoms with E-state index in [1.807, 2.05) is 0 Å². The number of alkyl halides is 6. The third-order valence-electron chi connectivity index (χ3n) is 4.80. The Morgan fingerprint density at radius 2 is 1.69 bits per heavy atom. The van der Waals surface area contributed by atoms with Crippen molar-refractivity contribution >= 4 is 28.7 Å². The van der Waals surface area contributed by atoms with Gasteiger partial charge < -0.3 is 14.7 Å². The zero-order chi connectivity index (χ0) is 25.3. The molecule has 3 heterocycles. The molecule has 2 aromatic rings. The minimum Gasteiger partial charge on any atom is -0.403 e. The molecule has 0 saturated heterocycles. The predicted octanol–water partition coefficient (Wildman–Crippen LogP) is 3.26. The lowest BCUT2D eigenvalue weighted by atomic mass is 10.1. The standard InChI is InChI=1S/C14H13F3N2O3.C5H3F3N2O2.CH4/c15-14(16,17)13-18-11(21)10-8(3-1-2-7-4-5-7)6-9(20)22-12(10)19-13;6-5(7,8)4-9-2(11)1-3(12)10-4;/h6-7H,1-5H2,(H,18,19,21);1H2,(H,9,10,11,12);1H4. The van der Waals surface area contributed by atoms with Gasteiger partial charge in [-0.25, -0.2) is 4.79 Å². The molecule has 2 aromatic heterocycles. The van der Waals surface area contributed by atoms with Crippen LogP contribution in [0, 0.1) is 5.92 Å². The number of nitrogens with zero attached hydrogens (tertiary/aromatic N) is 2. The number of aliphatic imine (C=N–C) groups is 1. The molecule has 0 aromatic carbocycles. The first-order valence-corrected chi connectivity index (χ1v) is 9.87. The van der Waals surface area contributed by atoms with Gasteiger partial charge in [-0.05, 0) is 24.3 Å². The molecule has 15 heteroatoms. The van der Waals surface area contributed by atoms with Gasteiger partial charge in [0.1, 0.15) is 11.8 Å². The molecule has 9 nitrogen and oxygen atoms in total. The highest BCUT2D eigenvalue weighted by atomic mass is 19.4. The number of fused-ring (bicyclic) bond motifs is 1. The van der Waals surface area contributed by atoms with Crippen molar-refractivity contribution in [3.05, 3.63) is 38.2 Å². The van der Waals surface area contributed by atoms with Crippen LogP contribution in [-0.4, -0.2) is 33.8 Å². The normalized spacial score (nSPS) is 16.1. The highest BCUT2D eigenvalue weighted by molar-refractivity contribution is 6.15. The summed E-state index contributed by atoms with van der Waals surface area (Å²) in [4.78, 5) is 51.8. The van der Waals surface area contributed by atoms with Crippen molar-refractivity contribution in [2.45, 2.75) is 58.3 Å². The fourth-order valence-electron chi connectivity index (χ4n) is 3.11. The zero-order valence-electron chi connectivity index (χ0n) is 17.1. The van der Waals surface area contributed by atoms with Crippen LogP contribution in [0.15, 0.2) is 25.1 Å². The molecule has 2 aliphatic rings. The fraction of sp³-hybridized carbons (Fsp3) is 0.500. The fourth-order valence-corrected chi connectivity index (χ4v) is 3.11. The number of aryl methyl sites for hydroxylation is 1. The number of aromatic amines is 1. The quantitative estimate of drug-likeness (QED) is 0.479. The molecule has 0 unspecified atom stereocenters. The van der Waals surface area contributed by atoms with Gasteiger partial charge in [0, 0.05) is 6.07 Å². The number of amidine groups is 1. The van der Waals surface area contributed by atoms with Gasteiger partial charge in [-0.1, -0.05) is 26.7 Å². The third kappa shape index (κ3) is 7.48. The minimum atomic E-state index is -4.81. The number of halogens is 6. The average Bonchev–Trinajstić information content (AvgIpc) is 3.50. The first kappa shape index (κ1) is 27.7. The molecule has 0 radical (unpaired) electrons. The molecule has 0 bridgehead atoms. The van der Waals surface area contributed by atoms with E-state index >= 15 is 0 Å². The van der Waals surface area contributed by atoms with Crippen molar-refractivity contribution in [1.29, 1.82) is 0 Å². The van der Waals surface area contributed by atoms with Gasteiger partial charge in [-0.3, -0.25) is 14.4 Å². The molecule has 35 heavy (non-hydrogen) atoms. The number of hydrogen-bond acceptors (Lipinski definition) is 6. The van der Waals surface area contributed by atoms with E-state index in [0.29, 0.717) is 17.9 Å². The highest BCUT2D eigenvalue weighted by Gasteiger charge is 2.40. The second-order valence-electron chi connectivity index (χ2n) is 7.60. The molecule has 4 rings (SSSR count). The number of hydrogen-bond donors (Lipinski definition) is 2. The van der Waals surface area contributed by atoms with Crippen LogP contribution in [0.25, 0.3) is 11.1 Å². The van der Waals surface area contributed by atoms with Crippen LogP contribution in [-0.2, 0) is 22.2 Å². The van der Waals surface area contributed by atoms with E-state index in [1.165, 1.54) is 18.2 Å². The van der Waals surface area contributed by atoms with E-state index in [1.54, 1.807) is 4.98 Å². The molecule has 1 aliphatic carbocycles. The van der Waals surface area contributed by atoms with E-state index in [4.69, 9.17) is 0 Å². The van der Waals surface area contributed by atoms with Crippen molar-refractivity contribution in [3.63, 3.8) is 0 Å². The summed E-state index contributed by atoms with van der Waals surface area (Å²) in [6.45, 7) is 0. The van der Waals surface area contributed by atoms with E-state index in [9.17, 15) is 45.5 Å². The molecule has 1 fully saturated rings. The molecule has 0 atom stereocenters. The first-order chi connectivity index (χ1) is 15.7. The topological polar surface area (TPSA) is 134 Å². The van der Waals surface area contributed by atoms with Crippen molar-refractivity contribution in [1.82, 2.24) is 15.3 Å². The monoisotopic (exact) mass is 510 g/mol. The molecule has 2 N–H and O–H groups in total. The summed E-state index contributed by atoms with van der Waals surface area (Å²) < 4.78 is 78.0. The Morgan fingerprint density at radius 1 is 1.03 bits per heavy atom. The van der Waals surface area contributed by atoms with Crippen molar-refractivity contribution in [2.75, 3.05) is 0 Å². The Kier molecular flexibility index (Phi) is 8.23. The Bertz CT molecular complexity index is 1260. The lowest BCUT2D eigenvalue weighted by molar-refractivity contribution is -0.145. The van der Waals surface area contributed by atoms with Crippen LogP contribution in [0.3, 0.4) is 0 Å². The SMILES string of the molecule is C.O=C1CC(=O)NC(C(F)(F)F)=N1.O=c1cc(CCCC2CC2)c2c(=O)[nH]c(C(F)(F)F)nc2o1. The maximum absolute atomic E-state index is 12.6. The molecular weight excluding hydrogens is 490 g/mol. The van der Waals surface area contributed by atoms with Gasteiger partial charge in [0.25, 0.3) is 11.5 Å². The Labute approximate surface area is 192 Å². The second kappa shape index (κ2) is 10.4. The number of amides is 2. The maximum Gasteiger partial charge on any atom is 0.449 e. The van der Waals surface area contributed by atoms with Crippen molar-refractivity contribution in [2.24, 2.45) is 10.9 Å². The summed E-state index contributed by atoms with van der Waals surface area (Å²) in [5.41, 5.74) is -1.93. The lowest BCUT2D eigenvalue weighted by Crippen LogP contribution is -2.45. The summed E-state index contributed by atoms with van der Waals surface area (Å²) >= 11 is 0. The van der Waals surface area contributed by atoms with Crippen LogP contribution in [0.4, 0.5) is 26.3 Å². The van der Waals surface area contributed by atoms with E-state index < -0.39 is 59.1 Å². The zero-order valence-corrected chi connectivity index (χ0v) is 17.1. The smallest absolute Gasteiger partial charge is 0.403 e. The summed E-state index contributed by atoms with van der Waals surface area (Å²) in [7, 11) is 0. The predicted molar refractivity (Wildman–Crippen MR) is 110 cm³/mol. The van der Waals surface area contributed by atoms with Gasteiger partial charge in [-0.15, -0.1) is 0 Å². The van der Waals surface area contributed by atoms with Crippen LogP contribution in [0.2, 0.25) is 0 Å². The van der Waals surface area contributed by atoms with Gasteiger partial charge in [0.05, 0.1) is 0 Å². The molecule has 1 saturated carbocycles. The average molecular weight is 510 g/mol. The van der Waals surface area contributed by atoms with Crippen molar-refractivity contribution in [3.8, 4) is 0 Å². The molecule has 2 amide bonds. The lowest BCUT2D eigenvalue weighted by Gasteiger charge is -2.14.